The summed E-state index contributed by atoms with van der Waals surface area (Å²) in [5.74, 6) is 0.280. The molecule has 0 atom stereocenters. The van der Waals surface area contributed by atoms with Gasteiger partial charge in [-0.3, -0.25) is 0 Å². The van der Waals surface area contributed by atoms with Crippen LogP contribution in [0.25, 0.3) is 16.9 Å². The molecule has 0 aliphatic carbocycles. The van der Waals surface area contributed by atoms with E-state index < -0.39 is 0 Å². The van der Waals surface area contributed by atoms with Crippen LogP contribution in [0.15, 0.2) is 54.6 Å². The normalized spacial score (nSPS) is 10.7. The van der Waals surface area contributed by atoms with Gasteiger partial charge in [0.1, 0.15) is 11.6 Å². The average molecular weight is 267 g/mol. The van der Waals surface area contributed by atoms with E-state index >= 15 is 0 Å². The SMILES string of the molecule is Cc1ccc(-c2cc(N)n(-c3ccccc3)n2)cc1F. The van der Waals surface area contributed by atoms with E-state index in [0.29, 0.717) is 17.1 Å². The van der Waals surface area contributed by atoms with Crippen molar-refractivity contribution >= 4 is 5.82 Å². The lowest BCUT2D eigenvalue weighted by molar-refractivity contribution is 0.619. The summed E-state index contributed by atoms with van der Waals surface area (Å²) in [5.41, 5.74) is 8.85. The van der Waals surface area contributed by atoms with E-state index in [0.717, 1.165) is 11.3 Å². The van der Waals surface area contributed by atoms with Gasteiger partial charge in [0.25, 0.3) is 0 Å². The predicted molar refractivity (Wildman–Crippen MR) is 78.1 cm³/mol. The van der Waals surface area contributed by atoms with E-state index in [2.05, 4.69) is 5.10 Å². The Labute approximate surface area is 116 Å². The summed E-state index contributed by atoms with van der Waals surface area (Å²) in [7, 11) is 0. The van der Waals surface area contributed by atoms with Gasteiger partial charge < -0.3 is 5.73 Å². The summed E-state index contributed by atoms with van der Waals surface area (Å²) in [6, 6.07) is 16.4. The fourth-order valence-electron chi connectivity index (χ4n) is 2.06. The molecule has 4 heteroatoms. The van der Waals surface area contributed by atoms with E-state index in [1.165, 1.54) is 6.07 Å². The van der Waals surface area contributed by atoms with Crippen LogP contribution in [0.5, 0.6) is 0 Å². The molecule has 0 radical (unpaired) electrons. The lowest BCUT2D eigenvalue weighted by Gasteiger charge is -2.03. The molecule has 3 nitrogen and oxygen atoms in total. The van der Waals surface area contributed by atoms with Crippen LogP contribution < -0.4 is 5.73 Å². The summed E-state index contributed by atoms with van der Waals surface area (Å²) in [6.07, 6.45) is 0. The molecule has 0 saturated heterocycles. The van der Waals surface area contributed by atoms with E-state index in [1.807, 2.05) is 36.4 Å². The number of nitrogens with two attached hydrogens (primary N) is 1. The van der Waals surface area contributed by atoms with E-state index in [-0.39, 0.29) is 5.82 Å². The van der Waals surface area contributed by atoms with Crippen molar-refractivity contribution in [1.82, 2.24) is 9.78 Å². The van der Waals surface area contributed by atoms with Gasteiger partial charge in [0.2, 0.25) is 0 Å². The number of para-hydroxylation sites is 1. The number of hydrogen-bond donors (Lipinski definition) is 1. The minimum absolute atomic E-state index is 0.240. The maximum atomic E-state index is 13.6. The molecule has 0 amide bonds. The molecular weight excluding hydrogens is 253 g/mol. The van der Waals surface area contributed by atoms with Gasteiger partial charge in [-0.05, 0) is 30.7 Å². The molecule has 1 heterocycles. The molecule has 0 aliphatic rings. The molecule has 0 spiro atoms. The number of nitrogens with zero attached hydrogens (tertiary/aromatic N) is 2. The monoisotopic (exact) mass is 267 g/mol. The van der Waals surface area contributed by atoms with Gasteiger partial charge in [-0.2, -0.15) is 5.10 Å². The highest BCUT2D eigenvalue weighted by Crippen LogP contribution is 2.24. The average Bonchev–Trinajstić information content (AvgIpc) is 2.85. The minimum Gasteiger partial charge on any atom is -0.384 e. The number of anilines is 1. The zero-order valence-corrected chi connectivity index (χ0v) is 11.0. The molecule has 3 aromatic rings. The summed E-state index contributed by atoms with van der Waals surface area (Å²) in [6.45, 7) is 1.73. The van der Waals surface area contributed by atoms with Crippen molar-refractivity contribution < 1.29 is 4.39 Å². The Morgan fingerprint density at radius 1 is 1.05 bits per heavy atom. The fourth-order valence-corrected chi connectivity index (χ4v) is 2.06. The molecule has 100 valence electrons. The van der Waals surface area contributed by atoms with Crippen LogP contribution in [0.1, 0.15) is 5.56 Å². The third-order valence-corrected chi connectivity index (χ3v) is 3.21. The molecule has 0 bridgehead atoms. The quantitative estimate of drug-likeness (QED) is 0.771. The molecule has 0 fully saturated rings. The Morgan fingerprint density at radius 2 is 1.80 bits per heavy atom. The first-order chi connectivity index (χ1) is 9.65. The van der Waals surface area contributed by atoms with Crippen LogP contribution >= 0.6 is 0 Å². The summed E-state index contributed by atoms with van der Waals surface area (Å²) in [5, 5.41) is 4.45. The number of rotatable bonds is 2. The molecule has 2 aromatic carbocycles. The van der Waals surface area contributed by atoms with Crippen LogP contribution in [-0.2, 0) is 0 Å². The van der Waals surface area contributed by atoms with Gasteiger partial charge in [-0.15, -0.1) is 0 Å². The topological polar surface area (TPSA) is 43.8 Å². The van der Waals surface area contributed by atoms with Crippen molar-refractivity contribution in [2.45, 2.75) is 6.92 Å². The van der Waals surface area contributed by atoms with Crippen LogP contribution in [-0.4, -0.2) is 9.78 Å². The molecule has 1 aromatic heterocycles. The summed E-state index contributed by atoms with van der Waals surface area (Å²) >= 11 is 0. The van der Waals surface area contributed by atoms with Crippen molar-refractivity contribution in [3.8, 4) is 16.9 Å². The van der Waals surface area contributed by atoms with Crippen LogP contribution in [0, 0.1) is 12.7 Å². The Hall–Kier alpha value is -2.62. The van der Waals surface area contributed by atoms with E-state index in [1.54, 1.807) is 23.7 Å². The Morgan fingerprint density at radius 3 is 2.50 bits per heavy atom. The van der Waals surface area contributed by atoms with Crippen molar-refractivity contribution in [2.75, 3.05) is 5.73 Å². The van der Waals surface area contributed by atoms with Gasteiger partial charge in [0.05, 0.1) is 11.4 Å². The lowest BCUT2D eigenvalue weighted by atomic mass is 10.1. The minimum atomic E-state index is -0.240. The Bertz CT molecular complexity index is 748. The molecule has 2 N–H and O–H groups in total. The highest BCUT2D eigenvalue weighted by molar-refractivity contribution is 5.64. The van der Waals surface area contributed by atoms with E-state index in [4.69, 9.17) is 5.73 Å². The third-order valence-electron chi connectivity index (χ3n) is 3.21. The van der Waals surface area contributed by atoms with Gasteiger partial charge in [0.15, 0.2) is 0 Å². The fraction of sp³-hybridized carbons (Fsp3) is 0.0625. The first-order valence-electron chi connectivity index (χ1n) is 6.32. The first-order valence-corrected chi connectivity index (χ1v) is 6.32. The summed E-state index contributed by atoms with van der Waals surface area (Å²) < 4.78 is 15.3. The van der Waals surface area contributed by atoms with Crippen molar-refractivity contribution in [1.29, 1.82) is 0 Å². The zero-order chi connectivity index (χ0) is 14.1. The number of hydrogen-bond acceptors (Lipinski definition) is 2. The van der Waals surface area contributed by atoms with Gasteiger partial charge in [0, 0.05) is 11.6 Å². The largest absolute Gasteiger partial charge is 0.384 e. The lowest BCUT2D eigenvalue weighted by Crippen LogP contribution is -2.01. The maximum absolute atomic E-state index is 13.6. The standard InChI is InChI=1S/C16H14FN3/c1-11-7-8-12(9-14(11)17)15-10-16(18)20(19-15)13-5-3-2-4-6-13/h2-10H,18H2,1H3. The van der Waals surface area contributed by atoms with Gasteiger partial charge >= 0.3 is 0 Å². The molecular formula is C16H14FN3. The van der Waals surface area contributed by atoms with Crippen LogP contribution in [0.3, 0.4) is 0 Å². The molecule has 20 heavy (non-hydrogen) atoms. The second-order valence-corrected chi connectivity index (χ2v) is 4.67. The second-order valence-electron chi connectivity index (χ2n) is 4.67. The van der Waals surface area contributed by atoms with Gasteiger partial charge in [-0.1, -0.05) is 30.3 Å². The highest BCUT2D eigenvalue weighted by atomic mass is 19.1. The van der Waals surface area contributed by atoms with Crippen LogP contribution in [0.4, 0.5) is 10.2 Å². The van der Waals surface area contributed by atoms with Crippen LogP contribution in [0.2, 0.25) is 0 Å². The smallest absolute Gasteiger partial charge is 0.127 e. The second kappa shape index (κ2) is 4.81. The molecule has 0 aliphatic heterocycles. The Kier molecular flexibility index (Phi) is 2.99. The predicted octanol–water partition coefficient (Wildman–Crippen LogP) is 3.57. The number of aromatic nitrogens is 2. The number of nitrogen functional groups attached to an aromatic ring is 1. The first kappa shape index (κ1) is 12.4. The van der Waals surface area contributed by atoms with Crippen molar-refractivity contribution in [3.05, 3.63) is 66.0 Å². The third kappa shape index (κ3) is 2.16. The van der Waals surface area contributed by atoms with Gasteiger partial charge in [-0.25, -0.2) is 9.07 Å². The van der Waals surface area contributed by atoms with E-state index in [9.17, 15) is 4.39 Å². The number of benzene rings is 2. The highest BCUT2D eigenvalue weighted by Gasteiger charge is 2.10. The van der Waals surface area contributed by atoms with Crippen molar-refractivity contribution in [2.24, 2.45) is 0 Å². The van der Waals surface area contributed by atoms with Crippen molar-refractivity contribution in [3.63, 3.8) is 0 Å². The Balaban J connectivity index is 2.06. The molecule has 0 unspecified atom stereocenters. The summed E-state index contributed by atoms with van der Waals surface area (Å²) in [4.78, 5) is 0. The molecule has 0 saturated carbocycles. The number of halogens is 1. The number of aryl methyl sites for hydroxylation is 1. The zero-order valence-electron chi connectivity index (χ0n) is 11.0. The molecule has 3 rings (SSSR count). The maximum Gasteiger partial charge on any atom is 0.127 e.